The Kier molecular flexibility index (Phi) is 8.00. The van der Waals surface area contributed by atoms with Crippen molar-refractivity contribution in [2.45, 2.75) is 46.0 Å². The summed E-state index contributed by atoms with van der Waals surface area (Å²) < 4.78 is 15.0. The third-order valence-electron chi connectivity index (χ3n) is 2.55. The molecule has 0 aliphatic rings. The van der Waals surface area contributed by atoms with Crippen molar-refractivity contribution < 1.29 is 23.6 Å². The fourth-order valence-electron chi connectivity index (χ4n) is 1.69. The minimum absolute atomic E-state index is 0.287. The van der Waals surface area contributed by atoms with Gasteiger partial charge in [0.15, 0.2) is 5.92 Å². The monoisotopic (exact) mass is 305 g/mol. The molecule has 118 valence electrons. The van der Waals surface area contributed by atoms with Gasteiger partial charge in [0.05, 0.1) is 20.3 Å². The first-order chi connectivity index (χ1) is 9.12. The van der Waals surface area contributed by atoms with Gasteiger partial charge in [-0.1, -0.05) is 13.8 Å². The number of ether oxygens (including phenoxy) is 2. The van der Waals surface area contributed by atoms with Crippen LogP contribution >= 0.6 is 0 Å². The summed E-state index contributed by atoms with van der Waals surface area (Å²) in [6.07, 6.45) is 0.597. The number of hydroxylamine groups is 1. The highest BCUT2D eigenvalue weighted by Gasteiger charge is 2.38. The second kappa shape index (κ2) is 8.38. The van der Waals surface area contributed by atoms with Gasteiger partial charge in [-0.25, -0.2) is 5.48 Å². The molecular weight excluding hydrogens is 278 g/mol. The highest BCUT2D eigenvalue weighted by molar-refractivity contribution is 6.69. The van der Waals surface area contributed by atoms with Crippen LogP contribution in [0.2, 0.25) is 19.6 Å². The standard InChI is InChI=1S/C13H27NO5Si/c1-9(2)8-10(14-19-20(5,6)7)11(12(15)17-3)13(16)18-4/h9-11,14H,8H2,1-7H3/t10-/m1/s1. The molecule has 1 N–H and O–H groups in total. The van der Waals surface area contributed by atoms with E-state index in [2.05, 4.69) is 5.48 Å². The highest BCUT2D eigenvalue weighted by atomic mass is 28.4. The molecule has 0 fully saturated rings. The number of carbonyl (C=O) groups excluding carboxylic acids is 2. The smallest absolute Gasteiger partial charge is 0.321 e. The van der Waals surface area contributed by atoms with Gasteiger partial charge < -0.3 is 14.0 Å². The number of esters is 2. The van der Waals surface area contributed by atoms with Crippen molar-refractivity contribution in [1.82, 2.24) is 5.48 Å². The molecule has 0 bridgehead atoms. The molecule has 1 atom stereocenters. The van der Waals surface area contributed by atoms with Crippen molar-refractivity contribution in [3.8, 4) is 0 Å². The number of nitrogens with one attached hydrogen (secondary N) is 1. The molecule has 0 amide bonds. The molecule has 0 rings (SSSR count). The maximum Gasteiger partial charge on any atom is 0.321 e. The van der Waals surface area contributed by atoms with Crippen LogP contribution in [0.15, 0.2) is 0 Å². The molecule has 6 nitrogen and oxygen atoms in total. The van der Waals surface area contributed by atoms with Crippen LogP contribution < -0.4 is 5.48 Å². The van der Waals surface area contributed by atoms with Crippen LogP contribution in [0.4, 0.5) is 0 Å². The lowest BCUT2D eigenvalue weighted by molar-refractivity contribution is -0.162. The van der Waals surface area contributed by atoms with Crippen molar-refractivity contribution in [3.05, 3.63) is 0 Å². The number of methoxy groups -OCH3 is 2. The fourth-order valence-corrected chi connectivity index (χ4v) is 2.20. The quantitative estimate of drug-likeness (QED) is 0.318. The summed E-state index contributed by atoms with van der Waals surface area (Å²) in [5.74, 6) is -1.97. The summed E-state index contributed by atoms with van der Waals surface area (Å²) in [5.41, 5.74) is 2.88. The zero-order valence-corrected chi connectivity index (χ0v) is 14.5. The van der Waals surface area contributed by atoms with Crippen LogP contribution in [-0.4, -0.2) is 40.5 Å². The lowest BCUT2D eigenvalue weighted by atomic mass is 9.92. The summed E-state index contributed by atoms with van der Waals surface area (Å²) >= 11 is 0. The summed E-state index contributed by atoms with van der Waals surface area (Å²) in [5, 5.41) is 0. The predicted octanol–water partition coefficient (Wildman–Crippen LogP) is 1.72. The molecule has 0 aliphatic heterocycles. The topological polar surface area (TPSA) is 73.9 Å². The fraction of sp³-hybridized carbons (Fsp3) is 0.846. The zero-order chi connectivity index (χ0) is 15.9. The summed E-state index contributed by atoms with van der Waals surface area (Å²) in [6, 6.07) is -0.471. The van der Waals surface area contributed by atoms with E-state index in [1.54, 1.807) is 0 Å². The largest absolute Gasteiger partial charge is 0.468 e. The van der Waals surface area contributed by atoms with Gasteiger partial charge in [-0.2, -0.15) is 0 Å². The zero-order valence-electron chi connectivity index (χ0n) is 13.5. The van der Waals surface area contributed by atoms with Gasteiger partial charge in [-0.05, 0) is 32.0 Å². The maximum absolute atomic E-state index is 11.9. The third kappa shape index (κ3) is 7.02. The van der Waals surface area contributed by atoms with E-state index in [-0.39, 0.29) is 5.92 Å². The van der Waals surface area contributed by atoms with E-state index in [1.165, 1.54) is 14.2 Å². The van der Waals surface area contributed by atoms with Crippen LogP contribution in [0, 0.1) is 11.8 Å². The average Bonchev–Trinajstić information content (AvgIpc) is 2.33. The normalized spacial score (nSPS) is 13.4. The molecule has 0 saturated carbocycles. The molecule has 0 aliphatic carbocycles. The lowest BCUT2D eigenvalue weighted by Crippen LogP contribution is -2.49. The highest BCUT2D eigenvalue weighted by Crippen LogP contribution is 2.18. The minimum Gasteiger partial charge on any atom is -0.468 e. The molecular formula is C13H27NO5Si. The summed E-state index contributed by atoms with van der Waals surface area (Å²) in [6.45, 7) is 10.1. The van der Waals surface area contributed by atoms with E-state index in [0.29, 0.717) is 6.42 Å². The van der Waals surface area contributed by atoms with Gasteiger partial charge >= 0.3 is 11.9 Å². The molecule has 0 aromatic heterocycles. The minimum atomic E-state index is -1.82. The van der Waals surface area contributed by atoms with E-state index < -0.39 is 32.2 Å². The first-order valence-corrected chi connectivity index (χ1v) is 10.1. The SMILES string of the molecule is COC(=O)C(C(=O)OC)[C@@H](CC(C)C)NO[Si](C)(C)C. The van der Waals surface area contributed by atoms with Crippen molar-refractivity contribution in [2.75, 3.05) is 14.2 Å². The number of rotatable bonds is 8. The van der Waals surface area contributed by atoms with Crippen LogP contribution in [-0.2, 0) is 23.6 Å². The molecule has 0 radical (unpaired) electrons. The van der Waals surface area contributed by atoms with E-state index in [0.717, 1.165) is 0 Å². The van der Waals surface area contributed by atoms with E-state index in [4.69, 9.17) is 14.0 Å². The van der Waals surface area contributed by atoms with Crippen LogP contribution in [0.3, 0.4) is 0 Å². The molecule has 0 aromatic rings. The van der Waals surface area contributed by atoms with Crippen LogP contribution in [0.5, 0.6) is 0 Å². The van der Waals surface area contributed by atoms with E-state index >= 15 is 0 Å². The van der Waals surface area contributed by atoms with Crippen molar-refractivity contribution in [3.63, 3.8) is 0 Å². The molecule has 0 unspecified atom stereocenters. The number of hydrogen-bond donors (Lipinski definition) is 1. The van der Waals surface area contributed by atoms with Gasteiger partial charge in [-0.3, -0.25) is 9.59 Å². The van der Waals surface area contributed by atoms with Crippen molar-refractivity contribution in [1.29, 1.82) is 0 Å². The number of hydrogen-bond acceptors (Lipinski definition) is 6. The summed E-state index contributed by atoms with van der Waals surface area (Å²) in [7, 11) is 0.686. The van der Waals surface area contributed by atoms with Gasteiger partial charge in [0.25, 0.3) is 0 Å². The first kappa shape index (κ1) is 19.1. The maximum atomic E-state index is 11.9. The van der Waals surface area contributed by atoms with Gasteiger partial charge in [0.2, 0.25) is 8.32 Å². The Bertz CT molecular complexity index is 311. The van der Waals surface area contributed by atoms with Crippen molar-refractivity contribution in [2.24, 2.45) is 11.8 Å². The Hall–Kier alpha value is -0.923. The predicted molar refractivity (Wildman–Crippen MR) is 78.3 cm³/mol. The Morgan fingerprint density at radius 2 is 1.50 bits per heavy atom. The Labute approximate surface area is 122 Å². The second-order valence-electron chi connectivity index (χ2n) is 6.09. The van der Waals surface area contributed by atoms with E-state index in [1.807, 2.05) is 33.5 Å². The summed E-state index contributed by atoms with van der Waals surface area (Å²) in [4.78, 5) is 23.7. The first-order valence-electron chi connectivity index (χ1n) is 6.71. The van der Waals surface area contributed by atoms with Crippen molar-refractivity contribution >= 4 is 20.3 Å². The van der Waals surface area contributed by atoms with E-state index in [9.17, 15) is 9.59 Å². The van der Waals surface area contributed by atoms with Gasteiger partial charge in [0, 0.05) is 0 Å². The Balaban J connectivity index is 5.10. The molecule has 20 heavy (non-hydrogen) atoms. The second-order valence-corrected chi connectivity index (χ2v) is 10.5. The van der Waals surface area contributed by atoms with Crippen LogP contribution in [0.25, 0.3) is 0 Å². The Morgan fingerprint density at radius 1 is 1.05 bits per heavy atom. The molecule has 0 heterocycles. The van der Waals surface area contributed by atoms with Crippen LogP contribution in [0.1, 0.15) is 20.3 Å². The van der Waals surface area contributed by atoms with Gasteiger partial charge in [-0.15, -0.1) is 0 Å². The number of carbonyl (C=O) groups is 2. The third-order valence-corrected chi connectivity index (χ3v) is 3.28. The molecule has 7 heteroatoms. The molecule has 0 saturated heterocycles. The molecule has 0 spiro atoms. The van der Waals surface area contributed by atoms with Gasteiger partial charge in [0.1, 0.15) is 0 Å². The molecule has 0 aromatic carbocycles. The Morgan fingerprint density at radius 3 is 1.80 bits per heavy atom. The average molecular weight is 305 g/mol. The lowest BCUT2D eigenvalue weighted by Gasteiger charge is -2.28.